The smallest absolute Gasteiger partial charge is 0.227 e. The Morgan fingerprint density at radius 1 is 1.04 bits per heavy atom. The number of carbonyl (C=O) groups excluding carboxylic acids is 2. The molecule has 1 aromatic carbocycles. The van der Waals surface area contributed by atoms with Crippen LogP contribution < -0.4 is 10.2 Å². The van der Waals surface area contributed by atoms with Crippen molar-refractivity contribution in [3.05, 3.63) is 24.3 Å². The Morgan fingerprint density at radius 3 is 2.31 bits per heavy atom. The van der Waals surface area contributed by atoms with E-state index in [1.54, 1.807) is 0 Å². The molecule has 2 fully saturated rings. The van der Waals surface area contributed by atoms with Crippen molar-refractivity contribution in [1.29, 1.82) is 0 Å². The van der Waals surface area contributed by atoms with Crippen LogP contribution in [0.15, 0.2) is 24.3 Å². The fraction of sp³-hybridized carbons (Fsp3) is 0.619. The standard InChI is InChI=1S/C21H31N3O2/c1-21(2,3)20(26)24-13-9-16(10-14-24)19(25)22-17-7-6-8-18(15-17)23-11-4-5-12-23/h6-8,15-16H,4-5,9-14H2,1-3H3,(H,22,25). The zero-order valence-electron chi connectivity index (χ0n) is 16.3. The molecule has 142 valence electrons. The molecular formula is C21H31N3O2. The van der Waals surface area contributed by atoms with Crippen molar-refractivity contribution in [2.24, 2.45) is 11.3 Å². The minimum absolute atomic E-state index is 0.0190. The molecule has 0 saturated carbocycles. The second-order valence-electron chi connectivity index (χ2n) is 8.55. The number of piperidine rings is 1. The fourth-order valence-electron chi connectivity index (χ4n) is 3.82. The molecule has 0 unspecified atom stereocenters. The van der Waals surface area contributed by atoms with Gasteiger partial charge in [-0.2, -0.15) is 0 Å². The van der Waals surface area contributed by atoms with Crippen LogP contribution in [-0.2, 0) is 9.59 Å². The van der Waals surface area contributed by atoms with Crippen LogP contribution in [0.2, 0.25) is 0 Å². The number of likely N-dealkylation sites (tertiary alicyclic amines) is 1. The van der Waals surface area contributed by atoms with Gasteiger partial charge in [-0.1, -0.05) is 26.8 Å². The minimum Gasteiger partial charge on any atom is -0.371 e. The van der Waals surface area contributed by atoms with Crippen LogP contribution in [0.5, 0.6) is 0 Å². The van der Waals surface area contributed by atoms with Crippen LogP contribution in [-0.4, -0.2) is 42.9 Å². The van der Waals surface area contributed by atoms with Gasteiger partial charge in [0.05, 0.1) is 0 Å². The molecule has 2 aliphatic rings. The Hall–Kier alpha value is -2.04. The summed E-state index contributed by atoms with van der Waals surface area (Å²) in [6, 6.07) is 8.14. The van der Waals surface area contributed by atoms with Crippen molar-refractivity contribution < 1.29 is 9.59 Å². The van der Waals surface area contributed by atoms with E-state index in [4.69, 9.17) is 0 Å². The normalized spacial score (nSPS) is 18.9. The zero-order chi connectivity index (χ0) is 18.7. The molecule has 0 atom stereocenters. The number of anilines is 2. The van der Waals surface area contributed by atoms with Crippen molar-refractivity contribution in [2.75, 3.05) is 36.4 Å². The number of hydrogen-bond acceptors (Lipinski definition) is 3. The highest BCUT2D eigenvalue weighted by Crippen LogP contribution is 2.26. The van der Waals surface area contributed by atoms with Crippen LogP contribution in [0.4, 0.5) is 11.4 Å². The molecule has 2 aliphatic heterocycles. The molecule has 0 aliphatic carbocycles. The summed E-state index contributed by atoms with van der Waals surface area (Å²) in [5.41, 5.74) is 1.70. The van der Waals surface area contributed by atoms with Gasteiger partial charge in [-0.25, -0.2) is 0 Å². The minimum atomic E-state index is -0.356. The maximum absolute atomic E-state index is 12.6. The van der Waals surface area contributed by atoms with E-state index in [1.807, 2.05) is 37.8 Å². The Morgan fingerprint density at radius 2 is 1.69 bits per heavy atom. The molecule has 0 radical (unpaired) electrons. The second-order valence-corrected chi connectivity index (χ2v) is 8.55. The van der Waals surface area contributed by atoms with Gasteiger partial charge in [-0.05, 0) is 43.9 Å². The molecule has 3 rings (SSSR count). The average Bonchev–Trinajstić information content (AvgIpc) is 3.15. The number of carbonyl (C=O) groups is 2. The predicted molar refractivity (Wildman–Crippen MR) is 105 cm³/mol. The van der Waals surface area contributed by atoms with E-state index in [1.165, 1.54) is 18.5 Å². The molecule has 5 heteroatoms. The molecule has 26 heavy (non-hydrogen) atoms. The maximum Gasteiger partial charge on any atom is 0.227 e. The summed E-state index contributed by atoms with van der Waals surface area (Å²) < 4.78 is 0. The second kappa shape index (κ2) is 7.68. The summed E-state index contributed by atoms with van der Waals surface area (Å²) in [5, 5.41) is 3.08. The first-order chi connectivity index (χ1) is 12.3. The monoisotopic (exact) mass is 357 g/mol. The molecule has 2 amide bonds. The van der Waals surface area contributed by atoms with Gasteiger partial charge in [0.25, 0.3) is 0 Å². The third-order valence-electron chi connectivity index (χ3n) is 5.38. The third-order valence-corrected chi connectivity index (χ3v) is 5.38. The average molecular weight is 357 g/mol. The van der Waals surface area contributed by atoms with E-state index in [9.17, 15) is 9.59 Å². The summed E-state index contributed by atoms with van der Waals surface area (Å²) in [6.45, 7) is 9.36. The SMILES string of the molecule is CC(C)(C)C(=O)N1CCC(C(=O)Nc2cccc(N3CCCC3)c2)CC1. The van der Waals surface area contributed by atoms with E-state index >= 15 is 0 Å². The summed E-state index contributed by atoms with van der Waals surface area (Å²) in [5.74, 6) is 0.232. The van der Waals surface area contributed by atoms with E-state index in [-0.39, 0.29) is 23.1 Å². The van der Waals surface area contributed by atoms with Crippen LogP contribution in [0.3, 0.4) is 0 Å². The van der Waals surface area contributed by atoms with Crippen LogP contribution in [0, 0.1) is 11.3 Å². The van der Waals surface area contributed by atoms with Crippen molar-refractivity contribution in [2.45, 2.75) is 46.5 Å². The lowest BCUT2D eigenvalue weighted by Crippen LogP contribution is -2.45. The summed E-state index contributed by atoms with van der Waals surface area (Å²) in [4.78, 5) is 29.3. The van der Waals surface area contributed by atoms with Gasteiger partial charge in [0.15, 0.2) is 0 Å². The van der Waals surface area contributed by atoms with Crippen molar-refractivity contribution >= 4 is 23.2 Å². The number of nitrogens with zero attached hydrogens (tertiary/aromatic N) is 2. The molecule has 5 nitrogen and oxygen atoms in total. The molecule has 0 spiro atoms. The lowest BCUT2D eigenvalue weighted by Gasteiger charge is -2.35. The molecule has 0 aromatic heterocycles. The van der Waals surface area contributed by atoms with Crippen LogP contribution in [0.25, 0.3) is 0 Å². The van der Waals surface area contributed by atoms with Crippen molar-refractivity contribution in [3.8, 4) is 0 Å². The van der Waals surface area contributed by atoms with E-state index in [0.717, 1.165) is 31.6 Å². The highest BCUT2D eigenvalue weighted by molar-refractivity contribution is 5.93. The zero-order valence-corrected chi connectivity index (χ0v) is 16.3. The van der Waals surface area contributed by atoms with E-state index < -0.39 is 0 Å². The van der Waals surface area contributed by atoms with Crippen molar-refractivity contribution in [3.63, 3.8) is 0 Å². The predicted octanol–water partition coefficient (Wildman–Crippen LogP) is 3.51. The van der Waals surface area contributed by atoms with Gasteiger partial charge in [-0.3, -0.25) is 9.59 Å². The lowest BCUT2D eigenvalue weighted by molar-refractivity contribution is -0.142. The van der Waals surface area contributed by atoms with Crippen molar-refractivity contribution in [1.82, 2.24) is 4.90 Å². The first-order valence-electron chi connectivity index (χ1n) is 9.80. The van der Waals surface area contributed by atoms with Gasteiger partial charge >= 0.3 is 0 Å². The highest BCUT2D eigenvalue weighted by Gasteiger charge is 2.32. The third kappa shape index (κ3) is 4.37. The van der Waals surface area contributed by atoms with Gasteiger partial charge in [0.2, 0.25) is 11.8 Å². The van der Waals surface area contributed by atoms with Crippen LogP contribution >= 0.6 is 0 Å². The van der Waals surface area contributed by atoms with Gasteiger partial charge in [0.1, 0.15) is 0 Å². The number of rotatable bonds is 3. The number of amides is 2. The quantitative estimate of drug-likeness (QED) is 0.901. The van der Waals surface area contributed by atoms with E-state index in [0.29, 0.717) is 13.1 Å². The highest BCUT2D eigenvalue weighted by atomic mass is 16.2. The molecule has 2 heterocycles. The Bertz CT molecular complexity index is 651. The Labute approximate surface area is 156 Å². The van der Waals surface area contributed by atoms with E-state index in [2.05, 4.69) is 22.3 Å². The Balaban J connectivity index is 1.55. The number of benzene rings is 1. The largest absolute Gasteiger partial charge is 0.371 e. The summed E-state index contributed by atoms with van der Waals surface area (Å²) in [7, 11) is 0. The topological polar surface area (TPSA) is 52.7 Å². The fourth-order valence-corrected chi connectivity index (χ4v) is 3.82. The maximum atomic E-state index is 12.6. The van der Waals surface area contributed by atoms with Gasteiger partial charge in [-0.15, -0.1) is 0 Å². The Kier molecular flexibility index (Phi) is 5.54. The molecule has 1 N–H and O–H groups in total. The first kappa shape index (κ1) is 18.7. The molecule has 0 bridgehead atoms. The first-order valence-corrected chi connectivity index (χ1v) is 9.80. The number of nitrogens with one attached hydrogen (secondary N) is 1. The summed E-state index contributed by atoms with van der Waals surface area (Å²) in [6.07, 6.45) is 3.95. The lowest BCUT2D eigenvalue weighted by atomic mass is 9.90. The molecule has 2 saturated heterocycles. The molecular weight excluding hydrogens is 326 g/mol. The van der Waals surface area contributed by atoms with Crippen LogP contribution in [0.1, 0.15) is 46.5 Å². The molecule has 1 aromatic rings. The van der Waals surface area contributed by atoms with Gasteiger partial charge < -0.3 is 15.1 Å². The van der Waals surface area contributed by atoms with Gasteiger partial charge in [0, 0.05) is 48.9 Å². The summed E-state index contributed by atoms with van der Waals surface area (Å²) >= 11 is 0. The number of hydrogen-bond donors (Lipinski definition) is 1.